The van der Waals surface area contributed by atoms with Gasteiger partial charge in [-0.15, -0.1) is 0 Å². The summed E-state index contributed by atoms with van der Waals surface area (Å²) in [6.45, 7) is 5.98. The van der Waals surface area contributed by atoms with Gasteiger partial charge in [-0.3, -0.25) is 0 Å². The van der Waals surface area contributed by atoms with Gasteiger partial charge >= 0.3 is 0 Å². The zero-order chi connectivity index (χ0) is 8.97. The fraction of sp³-hybridized carbons (Fsp3) is 0.400. The first-order chi connectivity index (χ1) is 5.68. The highest BCUT2D eigenvalue weighted by Gasteiger charge is 1.88. The summed E-state index contributed by atoms with van der Waals surface area (Å²) in [5.41, 5.74) is 0.884. The summed E-state index contributed by atoms with van der Waals surface area (Å²) in [6.07, 6.45) is 3.50. The first kappa shape index (κ1) is 8.73. The molecule has 0 aliphatic heterocycles. The van der Waals surface area contributed by atoms with Crippen LogP contribution in [0.2, 0.25) is 0 Å². The SMILES string of the molecule is Cc1ncc(C#CC(C)C)cn1. The van der Waals surface area contributed by atoms with Crippen LogP contribution < -0.4 is 0 Å². The number of hydrogen-bond donors (Lipinski definition) is 0. The van der Waals surface area contributed by atoms with Crippen LogP contribution in [0, 0.1) is 24.7 Å². The van der Waals surface area contributed by atoms with Gasteiger partial charge in [0.1, 0.15) is 5.82 Å². The molecule has 0 amide bonds. The number of nitrogens with zero attached hydrogens (tertiary/aromatic N) is 2. The molecule has 0 aromatic carbocycles. The molecule has 1 rings (SSSR count). The molecule has 0 bridgehead atoms. The number of aryl methyl sites for hydroxylation is 1. The summed E-state index contributed by atoms with van der Waals surface area (Å²) in [7, 11) is 0. The van der Waals surface area contributed by atoms with Gasteiger partial charge in [0, 0.05) is 18.3 Å². The zero-order valence-corrected chi connectivity index (χ0v) is 7.63. The van der Waals surface area contributed by atoms with Gasteiger partial charge in [0.25, 0.3) is 0 Å². The van der Waals surface area contributed by atoms with Gasteiger partial charge in [-0.25, -0.2) is 9.97 Å². The quantitative estimate of drug-likeness (QED) is 0.541. The summed E-state index contributed by atoms with van der Waals surface area (Å²) >= 11 is 0. The lowest BCUT2D eigenvalue weighted by molar-refractivity contribution is 0.866. The lowest BCUT2D eigenvalue weighted by Crippen LogP contribution is -1.87. The second-order valence-electron chi connectivity index (χ2n) is 2.94. The molecule has 0 saturated carbocycles. The monoisotopic (exact) mass is 160 g/mol. The van der Waals surface area contributed by atoms with Crippen molar-refractivity contribution < 1.29 is 0 Å². The van der Waals surface area contributed by atoms with Crippen molar-refractivity contribution in [2.24, 2.45) is 5.92 Å². The van der Waals surface area contributed by atoms with Crippen LogP contribution in [0.25, 0.3) is 0 Å². The Balaban J connectivity index is 2.79. The van der Waals surface area contributed by atoms with E-state index in [1.54, 1.807) is 12.4 Å². The Morgan fingerprint density at radius 1 is 1.25 bits per heavy atom. The molecule has 0 fully saturated rings. The minimum atomic E-state index is 0.395. The van der Waals surface area contributed by atoms with Gasteiger partial charge in [-0.1, -0.05) is 25.7 Å². The van der Waals surface area contributed by atoms with E-state index >= 15 is 0 Å². The largest absolute Gasteiger partial charge is 0.240 e. The predicted octanol–water partition coefficient (Wildman–Crippen LogP) is 1.79. The van der Waals surface area contributed by atoms with Gasteiger partial charge < -0.3 is 0 Å². The second kappa shape index (κ2) is 3.87. The molecule has 0 aliphatic carbocycles. The third-order valence-corrected chi connectivity index (χ3v) is 1.29. The van der Waals surface area contributed by atoms with Crippen LogP contribution >= 0.6 is 0 Å². The molecule has 0 aliphatic rings. The van der Waals surface area contributed by atoms with E-state index in [0.29, 0.717) is 5.92 Å². The summed E-state index contributed by atoms with van der Waals surface area (Å²) in [6, 6.07) is 0. The smallest absolute Gasteiger partial charge is 0.125 e. The van der Waals surface area contributed by atoms with E-state index in [1.807, 2.05) is 6.92 Å². The molecule has 0 radical (unpaired) electrons. The maximum Gasteiger partial charge on any atom is 0.125 e. The molecule has 1 aromatic heterocycles. The number of hydrogen-bond acceptors (Lipinski definition) is 2. The number of aromatic nitrogens is 2. The van der Waals surface area contributed by atoms with Crippen LogP contribution in [0.1, 0.15) is 25.2 Å². The molecule has 2 nitrogen and oxygen atoms in total. The van der Waals surface area contributed by atoms with Crippen molar-refractivity contribution >= 4 is 0 Å². The Morgan fingerprint density at radius 3 is 2.33 bits per heavy atom. The van der Waals surface area contributed by atoms with Crippen molar-refractivity contribution in [2.45, 2.75) is 20.8 Å². The molecule has 2 heteroatoms. The van der Waals surface area contributed by atoms with Crippen LogP contribution in [-0.2, 0) is 0 Å². The molecule has 62 valence electrons. The fourth-order valence-corrected chi connectivity index (χ4v) is 0.685. The Bertz CT molecular complexity index is 301. The van der Waals surface area contributed by atoms with E-state index in [9.17, 15) is 0 Å². The van der Waals surface area contributed by atoms with Crippen LogP contribution in [0.3, 0.4) is 0 Å². The Labute approximate surface area is 73.1 Å². The molecule has 0 atom stereocenters. The number of rotatable bonds is 0. The minimum Gasteiger partial charge on any atom is -0.240 e. The van der Waals surface area contributed by atoms with Gasteiger partial charge in [0.2, 0.25) is 0 Å². The van der Waals surface area contributed by atoms with Crippen LogP contribution in [-0.4, -0.2) is 9.97 Å². The average molecular weight is 160 g/mol. The van der Waals surface area contributed by atoms with Crippen molar-refractivity contribution in [1.29, 1.82) is 0 Å². The third-order valence-electron chi connectivity index (χ3n) is 1.29. The molecule has 0 saturated heterocycles. The summed E-state index contributed by atoms with van der Waals surface area (Å²) in [5, 5.41) is 0. The lowest BCUT2D eigenvalue weighted by atomic mass is 10.2. The molecular weight excluding hydrogens is 148 g/mol. The van der Waals surface area contributed by atoms with Gasteiger partial charge in [0.05, 0.1) is 5.56 Å². The highest BCUT2D eigenvalue weighted by molar-refractivity contribution is 5.29. The normalized spacial score (nSPS) is 9.33. The molecule has 1 aromatic rings. The van der Waals surface area contributed by atoms with E-state index in [4.69, 9.17) is 0 Å². The van der Waals surface area contributed by atoms with Crippen molar-refractivity contribution in [3.05, 3.63) is 23.8 Å². The van der Waals surface area contributed by atoms with Gasteiger partial charge in [-0.2, -0.15) is 0 Å². The third kappa shape index (κ3) is 2.71. The van der Waals surface area contributed by atoms with Gasteiger partial charge in [0.15, 0.2) is 0 Å². The summed E-state index contributed by atoms with van der Waals surface area (Å²) in [4.78, 5) is 8.09. The van der Waals surface area contributed by atoms with E-state index in [-0.39, 0.29) is 0 Å². The van der Waals surface area contributed by atoms with Crippen molar-refractivity contribution in [1.82, 2.24) is 9.97 Å². The second-order valence-corrected chi connectivity index (χ2v) is 2.94. The molecule has 12 heavy (non-hydrogen) atoms. The van der Waals surface area contributed by atoms with Crippen LogP contribution in [0.15, 0.2) is 12.4 Å². The maximum absolute atomic E-state index is 4.04. The fourth-order valence-electron chi connectivity index (χ4n) is 0.685. The zero-order valence-electron chi connectivity index (χ0n) is 7.63. The Hall–Kier alpha value is -1.36. The van der Waals surface area contributed by atoms with Crippen molar-refractivity contribution in [2.75, 3.05) is 0 Å². The van der Waals surface area contributed by atoms with E-state index < -0.39 is 0 Å². The molecule has 0 N–H and O–H groups in total. The summed E-state index contributed by atoms with van der Waals surface area (Å²) < 4.78 is 0. The topological polar surface area (TPSA) is 25.8 Å². The lowest BCUT2D eigenvalue weighted by Gasteiger charge is -1.91. The minimum absolute atomic E-state index is 0.395. The van der Waals surface area contributed by atoms with Crippen LogP contribution in [0.5, 0.6) is 0 Å². The van der Waals surface area contributed by atoms with E-state index in [1.165, 1.54) is 0 Å². The van der Waals surface area contributed by atoms with E-state index in [2.05, 4.69) is 35.7 Å². The van der Waals surface area contributed by atoms with E-state index in [0.717, 1.165) is 11.4 Å². The Morgan fingerprint density at radius 2 is 1.83 bits per heavy atom. The van der Waals surface area contributed by atoms with Crippen LogP contribution in [0.4, 0.5) is 0 Å². The molecule has 0 spiro atoms. The molecular formula is C10H12N2. The van der Waals surface area contributed by atoms with Crippen molar-refractivity contribution in [3.63, 3.8) is 0 Å². The van der Waals surface area contributed by atoms with Gasteiger partial charge in [-0.05, 0) is 6.92 Å². The first-order valence-electron chi connectivity index (χ1n) is 3.98. The standard InChI is InChI=1S/C10H12N2/c1-8(2)4-5-10-6-11-9(3)12-7-10/h6-8H,1-3H3. The predicted molar refractivity (Wildman–Crippen MR) is 48.5 cm³/mol. The summed E-state index contributed by atoms with van der Waals surface area (Å²) in [5.74, 6) is 7.22. The first-order valence-corrected chi connectivity index (χ1v) is 3.98. The van der Waals surface area contributed by atoms with Crippen molar-refractivity contribution in [3.8, 4) is 11.8 Å². The average Bonchev–Trinajstić information content (AvgIpc) is 2.03. The molecule has 0 unspecified atom stereocenters. The molecule has 1 heterocycles. The highest BCUT2D eigenvalue weighted by Crippen LogP contribution is 1.94. The maximum atomic E-state index is 4.04. The highest BCUT2D eigenvalue weighted by atomic mass is 14.8. The Kier molecular flexibility index (Phi) is 2.82.